The number of sulfonamides is 1. The van der Waals surface area contributed by atoms with Gasteiger partial charge in [0.2, 0.25) is 21.8 Å². The number of halogens is 1. The highest BCUT2D eigenvalue weighted by atomic mass is 35.5. The van der Waals surface area contributed by atoms with Crippen LogP contribution in [0.2, 0.25) is 5.02 Å². The van der Waals surface area contributed by atoms with Crippen molar-refractivity contribution >= 4 is 39.1 Å². The van der Waals surface area contributed by atoms with Crippen molar-refractivity contribution in [3.05, 3.63) is 71.8 Å². The molecule has 0 heterocycles. The van der Waals surface area contributed by atoms with E-state index in [0.29, 0.717) is 23.7 Å². The van der Waals surface area contributed by atoms with Gasteiger partial charge in [-0.1, -0.05) is 29.8 Å². The molecule has 2 amide bonds. The van der Waals surface area contributed by atoms with Crippen molar-refractivity contribution in [3.63, 3.8) is 0 Å². The van der Waals surface area contributed by atoms with Crippen LogP contribution in [0.5, 0.6) is 0 Å². The topological polar surface area (TPSA) is 95.6 Å². The molecule has 2 N–H and O–H groups in total. The molecule has 0 fully saturated rings. The third-order valence-electron chi connectivity index (χ3n) is 4.11. The first-order chi connectivity index (χ1) is 14.2. The summed E-state index contributed by atoms with van der Waals surface area (Å²) in [5.74, 6) is -0.668. The zero-order valence-corrected chi connectivity index (χ0v) is 18.2. The fraction of sp³-hybridized carbons (Fsp3) is 0.238. The number of amides is 2. The van der Waals surface area contributed by atoms with E-state index in [1.165, 1.54) is 37.3 Å². The highest BCUT2D eigenvalue weighted by Gasteiger charge is 2.25. The summed E-state index contributed by atoms with van der Waals surface area (Å²) in [7, 11) is -3.91. The Morgan fingerprint density at radius 2 is 1.73 bits per heavy atom. The van der Waals surface area contributed by atoms with Crippen LogP contribution in [0, 0.1) is 0 Å². The SMILES string of the molecule is C=CCN(CC(=O)NCCc1ccc(Cl)cc1)S(=O)(=O)c1ccc(NC(C)=O)cc1. The Hall–Kier alpha value is -2.68. The highest BCUT2D eigenvalue weighted by Crippen LogP contribution is 2.18. The molecule has 2 aromatic rings. The molecule has 0 aliphatic carbocycles. The van der Waals surface area contributed by atoms with Gasteiger partial charge in [-0.15, -0.1) is 6.58 Å². The molecule has 0 saturated heterocycles. The van der Waals surface area contributed by atoms with Gasteiger partial charge < -0.3 is 10.6 Å². The van der Waals surface area contributed by atoms with Crippen molar-refractivity contribution in [1.29, 1.82) is 0 Å². The minimum atomic E-state index is -3.91. The normalized spacial score (nSPS) is 11.2. The minimum Gasteiger partial charge on any atom is -0.355 e. The number of carbonyl (C=O) groups is 2. The average Bonchev–Trinajstić information content (AvgIpc) is 2.69. The quantitative estimate of drug-likeness (QED) is 0.545. The number of anilines is 1. The molecule has 0 spiro atoms. The van der Waals surface area contributed by atoms with E-state index >= 15 is 0 Å². The summed E-state index contributed by atoms with van der Waals surface area (Å²) < 4.78 is 26.9. The average molecular weight is 450 g/mol. The lowest BCUT2D eigenvalue weighted by molar-refractivity contribution is -0.121. The van der Waals surface area contributed by atoms with E-state index in [1.807, 2.05) is 12.1 Å². The third kappa shape index (κ3) is 6.98. The van der Waals surface area contributed by atoms with Gasteiger partial charge in [0.25, 0.3) is 0 Å². The van der Waals surface area contributed by atoms with Gasteiger partial charge in [-0.3, -0.25) is 9.59 Å². The van der Waals surface area contributed by atoms with Crippen LogP contribution in [0.15, 0.2) is 66.1 Å². The molecular weight excluding hydrogens is 426 g/mol. The Kier molecular flexibility index (Phi) is 8.58. The Morgan fingerprint density at radius 3 is 2.30 bits per heavy atom. The van der Waals surface area contributed by atoms with Crippen molar-refractivity contribution in [2.24, 2.45) is 0 Å². The lowest BCUT2D eigenvalue weighted by Crippen LogP contribution is -2.41. The summed E-state index contributed by atoms with van der Waals surface area (Å²) >= 11 is 5.85. The Morgan fingerprint density at radius 1 is 1.10 bits per heavy atom. The summed E-state index contributed by atoms with van der Waals surface area (Å²) in [6.07, 6.45) is 2.02. The molecule has 0 aliphatic rings. The van der Waals surface area contributed by atoms with Gasteiger partial charge in [0.15, 0.2) is 0 Å². The van der Waals surface area contributed by atoms with Gasteiger partial charge in [-0.2, -0.15) is 4.31 Å². The number of nitrogens with zero attached hydrogens (tertiary/aromatic N) is 1. The van der Waals surface area contributed by atoms with Crippen molar-refractivity contribution in [2.45, 2.75) is 18.2 Å². The molecule has 2 aromatic carbocycles. The van der Waals surface area contributed by atoms with Crippen LogP contribution in [0.1, 0.15) is 12.5 Å². The van der Waals surface area contributed by atoms with E-state index in [9.17, 15) is 18.0 Å². The fourth-order valence-corrected chi connectivity index (χ4v) is 4.16. The number of rotatable bonds is 10. The number of carbonyl (C=O) groups excluding carboxylic acids is 2. The molecule has 9 heteroatoms. The van der Waals surface area contributed by atoms with E-state index in [-0.39, 0.29) is 23.9 Å². The van der Waals surface area contributed by atoms with Crippen molar-refractivity contribution in [2.75, 3.05) is 25.0 Å². The first kappa shape index (κ1) is 23.6. The second-order valence-electron chi connectivity index (χ2n) is 6.52. The Balaban J connectivity index is 2.00. The summed E-state index contributed by atoms with van der Waals surface area (Å²) in [6, 6.07) is 13.0. The van der Waals surface area contributed by atoms with Gasteiger partial charge in [-0.25, -0.2) is 8.42 Å². The van der Waals surface area contributed by atoms with E-state index < -0.39 is 15.9 Å². The number of nitrogens with one attached hydrogen (secondary N) is 2. The van der Waals surface area contributed by atoms with Gasteiger partial charge >= 0.3 is 0 Å². The largest absolute Gasteiger partial charge is 0.355 e. The molecule has 0 bridgehead atoms. The summed E-state index contributed by atoms with van der Waals surface area (Å²) in [5.41, 5.74) is 1.49. The second kappa shape index (κ2) is 10.9. The van der Waals surface area contributed by atoms with Gasteiger partial charge in [-0.05, 0) is 48.4 Å². The molecular formula is C21H24ClN3O4S. The van der Waals surface area contributed by atoms with Crippen LogP contribution < -0.4 is 10.6 Å². The molecule has 0 unspecified atom stereocenters. The monoisotopic (exact) mass is 449 g/mol. The van der Waals surface area contributed by atoms with E-state index in [4.69, 9.17) is 11.6 Å². The minimum absolute atomic E-state index is 0.0135. The Bertz CT molecular complexity index is 990. The number of benzene rings is 2. The lowest BCUT2D eigenvalue weighted by Gasteiger charge is -2.20. The zero-order chi connectivity index (χ0) is 22.1. The van der Waals surface area contributed by atoms with E-state index in [0.717, 1.165) is 9.87 Å². The zero-order valence-electron chi connectivity index (χ0n) is 16.6. The maximum Gasteiger partial charge on any atom is 0.243 e. The lowest BCUT2D eigenvalue weighted by atomic mass is 10.1. The van der Waals surface area contributed by atoms with Gasteiger partial charge in [0.1, 0.15) is 0 Å². The van der Waals surface area contributed by atoms with Gasteiger partial charge in [0.05, 0.1) is 11.4 Å². The molecule has 0 aromatic heterocycles. The van der Waals surface area contributed by atoms with Crippen molar-refractivity contribution in [1.82, 2.24) is 9.62 Å². The van der Waals surface area contributed by atoms with Crippen molar-refractivity contribution < 1.29 is 18.0 Å². The van der Waals surface area contributed by atoms with E-state index in [1.54, 1.807) is 12.1 Å². The molecule has 160 valence electrons. The van der Waals surface area contributed by atoms with Crippen LogP contribution in [-0.4, -0.2) is 44.2 Å². The molecule has 7 nitrogen and oxygen atoms in total. The maximum atomic E-state index is 12.9. The molecule has 0 radical (unpaired) electrons. The van der Waals surface area contributed by atoms with Crippen LogP contribution >= 0.6 is 11.6 Å². The van der Waals surface area contributed by atoms with Gasteiger partial charge in [0, 0.05) is 30.7 Å². The molecule has 0 atom stereocenters. The number of hydrogen-bond donors (Lipinski definition) is 2. The number of hydrogen-bond acceptors (Lipinski definition) is 4. The van der Waals surface area contributed by atoms with Crippen molar-refractivity contribution in [3.8, 4) is 0 Å². The second-order valence-corrected chi connectivity index (χ2v) is 8.89. The molecule has 30 heavy (non-hydrogen) atoms. The Labute approximate surface area is 181 Å². The first-order valence-electron chi connectivity index (χ1n) is 9.22. The summed E-state index contributed by atoms with van der Waals surface area (Å²) in [6.45, 7) is 4.96. The first-order valence-corrected chi connectivity index (χ1v) is 11.0. The molecule has 0 aliphatic heterocycles. The maximum absolute atomic E-state index is 12.9. The van der Waals surface area contributed by atoms with Crippen LogP contribution in [0.4, 0.5) is 5.69 Å². The third-order valence-corrected chi connectivity index (χ3v) is 6.19. The van der Waals surface area contributed by atoms with Crippen LogP contribution in [0.3, 0.4) is 0 Å². The molecule has 2 rings (SSSR count). The predicted octanol–water partition coefficient (Wildman–Crippen LogP) is 2.83. The van der Waals surface area contributed by atoms with Crippen LogP contribution in [-0.2, 0) is 26.0 Å². The van der Waals surface area contributed by atoms with E-state index in [2.05, 4.69) is 17.2 Å². The molecule has 0 saturated carbocycles. The standard InChI is InChI=1S/C21H24ClN3O4S/c1-3-14-25(15-21(27)23-13-12-17-4-6-18(22)7-5-17)30(28,29)20-10-8-19(9-11-20)24-16(2)26/h3-11H,1,12-15H2,2H3,(H,23,27)(H,24,26). The summed E-state index contributed by atoms with van der Waals surface area (Å²) in [4.78, 5) is 23.4. The smallest absolute Gasteiger partial charge is 0.243 e. The predicted molar refractivity (Wildman–Crippen MR) is 118 cm³/mol. The van der Waals surface area contributed by atoms with Crippen LogP contribution in [0.25, 0.3) is 0 Å². The highest BCUT2D eigenvalue weighted by molar-refractivity contribution is 7.89. The fourth-order valence-electron chi connectivity index (χ4n) is 2.67. The summed E-state index contributed by atoms with van der Waals surface area (Å²) in [5, 5.41) is 5.94.